The smallest absolute Gasteiger partial charge is 0.324 e. The molecule has 0 aliphatic carbocycles. The number of imide groups is 1. The highest BCUT2D eigenvalue weighted by Gasteiger charge is 2.38. The van der Waals surface area contributed by atoms with Gasteiger partial charge in [0.2, 0.25) is 0 Å². The van der Waals surface area contributed by atoms with E-state index < -0.39 is 17.8 Å². The van der Waals surface area contributed by atoms with Crippen molar-refractivity contribution in [3.63, 3.8) is 0 Å². The van der Waals surface area contributed by atoms with Crippen molar-refractivity contribution in [2.75, 3.05) is 0 Å². The Hall–Kier alpha value is -3.48. The van der Waals surface area contributed by atoms with E-state index in [2.05, 4.69) is 5.10 Å². The maximum absolute atomic E-state index is 12.3. The first-order valence-corrected chi connectivity index (χ1v) is 6.79. The maximum Gasteiger partial charge on any atom is 0.366 e. The van der Waals surface area contributed by atoms with Crippen molar-refractivity contribution in [1.82, 2.24) is 14.7 Å². The van der Waals surface area contributed by atoms with Crippen LogP contribution in [0.2, 0.25) is 0 Å². The number of pyridine rings is 1. The molecule has 4 rings (SSSR count). The highest BCUT2D eigenvalue weighted by atomic mass is 16.7. The fourth-order valence-electron chi connectivity index (χ4n) is 2.51. The highest BCUT2D eigenvalue weighted by molar-refractivity contribution is 6.21. The first-order chi connectivity index (χ1) is 11.2. The van der Waals surface area contributed by atoms with Gasteiger partial charge in [0.25, 0.3) is 11.8 Å². The fourth-order valence-corrected chi connectivity index (χ4v) is 2.51. The Balaban J connectivity index is 1.67. The standard InChI is InChI=1S/C16H9N3O4/c20-14-10-4-1-2-5-11(10)15(21)19(14)23-16(22)12-6-3-9-18-13(12)7-8-17-18/h1-9H. The van der Waals surface area contributed by atoms with Gasteiger partial charge in [-0.25, -0.2) is 9.31 Å². The summed E-state index contributed by atoms with van der Waals surface area (Å²) in [5, 5.41) is 4.51. The fraction of sp³-hybridized carbons (Fsp3) is 0. The average molecular weight is 307 g/mol. The number of rotatable bonds is 2. The summed E-state index contributed by atoms with van der Waals surface area (Å²) in [5.41, 5.74) is 1.16. The third-order valence-electron chi connectivity index (χ3n) is 3.59. The second-order valence-electron chi connectivity index (χ2n) is 4.91. The number of hydrogen-bond acceptors (Lipinski definition) is 5. The minimum atomic E-state index is -0.800. The highest BCUT2D eigenvalue weighted by Crippen LogP contribution is 2.23. The number of hydrogen-bond donors (Lipinski definition) is 0. The average Bonchev–Trinajstić information content (AvgIpc) is 3.14. The molecule has 0 unspecified atom stereocenters. The van der Waals surface area contributed by atoms with Crippen molar-refractivity contribution < 1.29 is 19.2 Å². The van der Waals surface area contributed by atoms with E-state index in [0.29, 0.717) is 10.6 Å². The molecule has 0 radical (unpaired) electrons. The minimum absolute atomic E-state index is 0.210. The van der Waals surface area contributed by atoms with E-state index in [4.69, 9.17) is 4.84 Å². The second-order valence-corrected chi connectivity index (χ2v) is 4.91. The number of hydroxylamine groups is 2. The van der Waals surface area contributed by atoms with Gasteiger partial charge in [-0.1, -0.05) is 17.2 Å². The Morgan fingerprint density at radius 2 is 1.65 bits per heavy atom. The zero-order valence-electron chi connectivity index (χ0n) is 11.7. The van der Waals surface area contributed by atoms with Crippen molar-refractivity contribution in [2.45, 2.75) is 0 Å². The van der Waals surface area contributed by atoms with Crippen molar-refractivity contribution >= 4 is 23.3 Å². The number of nitrogens with zero attached hydrogens (tertiary/aromatic N) is 3. The number of carbonyl (C=O) groups is 3. The molecule has 0 saturated heterocycles. The Morgan fingerprint density at radius 3 is 2.35 bits per heavy atom. The van der Waals surface area contributed by atoms with E-state index in [1.54, 1.807) is 30.5 Å². The van der Waals surface area contributed by atoms with Gasteiger partial charge in [0, 0.05) is 6.20 Å². The molecule has 0 saturated carbocycles. The molecule has 0 spiro atoms. The maximum atomic E-state index is 12.3. The molecule has 1 aromatic carbocycles. The van der Waals surface area contributed by atoms with Crippen LogP contribution in [-0.2, 0) is 4.84 Å². The van der Waals surface area contributed by atoms with Crippen molar-refractivity contribution in [1.29, 1.82) is 0 Å². The number of aromatic nitrogens is 2. The molecular weight excluding hydrogens is 298 g/mol. The van der Waals surface area contributed by atoms with Crippen LogP contribution < -0.4 is 0 Å². The molecule has 1 aliphatic rings. The van der Waals surface area contributed by atoms with Crippen LogP contribution in [0.4, 0.5) is 0 Å². The van der Waals surface area contributed by atoms with E-state index in [1.165, 1.54) is 28.9 Å². The number of carbonyl (C=O) groups excluding carboxylic acids is 3. The largest absolute Gasteiger partial charge is 0.366 e. The Morgan fingerprint density at radius 1 is 0.957 bits per heavy atom. The lowest BCUT2D eigenvalue weighted by Crippen LogP contribution is -2.32. The van der Waals surface area contributed by atoms with Crippen LogP contribution in [0, 0.1) is 0 Å². The van der Waals surface area contributed by atoms with Gasteiger partial charge in [0.15, 0.2) is 0 Å². The third kappa shape index (κ3) is 1.90. The van der Waals surface area contributed by atoms with Crippen LogP contribution in [0.5, 0.6) is 0 Å². The molecule has 0 atom stereocenters. The lowest BCUT2D eigenvalue weighted by Gasteiger charge is -2.13. The lowest BCUT2D eigenvalue weighted by atomic mass is 10.1. The monoisotopic (exact) mass is 307 g/mol. The zero-order chi connectivity index (χ0) is 16.0. The molecule has 0 bridgehead atoms. The van der Waals surface area contributed by atoms with Crippen LogP contribution in [0.3, 0.4) is 0 Å². The van der Waals surface area contributed by atoms with E-state index in [1.807, 2.05) is 0 Å². The van der Waals surface area contributed by atoms with Crippen LogP contribution in [0.15, 0.2) is 54.9 Å². The molecule has 1 aliphatic heterocycles. The molecule has 112 valence electrons. The van der Waals surface area contributed by atoms with Gasteiger partial charge in [-0.15, -0.1) is 0 Å². The minimum Gasteiger partial charge on any atom is -0.324 e. The van der Waals surface area contributed by atoms with Gasteiger partial charge in [0.1, 0.15) is 0 Å². The summed E-state index contributed by atoms with van der Waals surface area (Å²) in [6.07, 6.45) is 3.21. The van der Waals surface area contributed by atoms with E-state index >= 15 is 0 Å². The Bertz CT molecular complexity index is 941. The summed E-state index contributed by atoms with van der Waals surface area (Å²) in [6.45, 7) is 0. The summed E-state index contributed by atoms with van der Waals surface area (Å²) in [6, 6.07) is 11.1. The lowest BCUT2D eigenvalue weighted by molar-refractivity contribution is -0.0583. The SMILES string of the molecule is O=C(ON1C(=O)c2ccccc2C1=O)c1cccn2nccc12. The van der Waals surface area contributed by atoms with E-state index in [0.717, 1.165) is 0 Å². The predicted molar refractivity (Wildman–Crippen MR) is 77.5 cm³/mol. The van der Waals surface area contributed by atoms with Crippen molar-refractivity contribution in [2.24, 2.45) is 0 Å². The number of benzene rings is 1. The number of amides is 2. The summed E-state index contributed by atoms with van der Waals surface area (Å²) in [4.78, 5) is 41.8. The van der Waals surface area contributed by atoms with Crippen LogP contribution in [0.25, 0.3) is 5.52 Å². The topological polar surface area (TPSA) is 81.0 Å². The summed E-state index contributed by atoms with van der Waals surface area (Å²) in [5.74, 6) is -2.11. The van der Waals surface area contributed by atoms with Gasteiger partial charge < -0.3 is 4.84 Å². The molecule has 7 nitrogen and oxygen atoms in total. The second kappa shape index (κ2) is 4.77. The quantitative estimate of drug-likeness (QED) is 0.673. The first-order valence-electron chi connectivity index (χ1n) is 6.79. The Kier molecular flexibility index (Phi) is 2.74. The molecule has 23 heavy (non-hydrogen) atoms. The van der Waals surface area contributed by atoms with Gasteiger partial charge in [-0.2, -0.15) is 5.10 Å². The van der Waals surface area contributed by atoms with Crippen molar-refractivity contribution in [3.05, 3.63) is 71.5 Å². The molecule has 0 N–H and O–H groups in total. The van der Waals surface area contributed by atoms with Gasteiger partial charge >= 0.3 is 5.97 Å². The van der Waals surface area contributed by atoms with Crippen molar-refractivity contribution in [3.8, 4) is 0 Å². The number of fused-ring (bicyclic) bond motifs is 2. The molecule has 3 heterocycles. The van der Waals surface area contributed by atoms with Gasteiger partial charge in [-0.05, 0) is 30.3 Å². The molecular formula is C16H9N3O4. The Labute approximate surface area is 129 Å². The predicted octanol–water partition coefficient (Wildman–Crippen LogP) is 1.70. The first kappa shape index (κ1) is 13.2. The van der Waals surface area contributed by atoms with E-state index in [9.17, 15) is 14.4 Å². The summed E-state index contributed by atoms with van der Waals surface area (Å²) < 4.78 is 1.50. The summed E-state index contributed by atoms with van der Waals surface area (Å²) in [7, 11) is 0. The molecule has 2 amide bonds. The molecule has 7 heteroatoms. The van der Waals surface area contributed by atoms with Gasteiger partial charge in [0.05, 0.1) is 28.4 Å². The molecule has 2 aromatic heterocycles. The molecule has 0 fully saturated rings. The zero-order valence-corrected chi connectivity index (χ0v) is 11.7. The van der Waals surface area contributed by atoms with Gasteiger partial charge in [-0.3, -0.25) is 9.59 Å². The van der Waals surface area contributed by atoms with Crippen LogP contribution in [0.1, 0.15) is 31.1 Å². The van der Waals surface area contributed by atoms with E-state index in [-0.39, 0.29) is 16.7 Å². The normalized spacial score (nSPS) is 13.5. The van der Waals surface area contributed by atoms with Crippen LogP contribution >= 0.6 is 0 Å². The summed E-state index contributed by atoms with van der Waals surface area (Å²) >= 11 is 0. The third-order valence-corrected chi connectivity index (χ3v) is 3.59. The van der Waals surface area contributed by atoms with Crippen LogP contribution in [-0.4, -0.2) is 32.5 Å². The molecule has 3 aromatic rings.